The van der Waals surface area contributed by atoms with Gasteiger partial charge in [0.05, 0.1) is 12.2 Å². The Labute approximate surface area is 117 Å². The zero-order chi connectivity index (χ0) is 13.7. The number of rotatable bonds is 4. The molecule has 0 fully saturated rings. The van der Waals surface area contributed by atoms with E-state index < -0.39 is 0 Å². The van der Waals surface area contributed by atoms with Gasteiger partial charge in [-0.05, 0) is 36.0 Å². The van der Waals surface area contributed by atoms with Crippen molar-refractivity contribution in [2.75, 3.05) is 6.61 Å². The van der Waals surface area contributed by atoms with Crippen molar-refractivity contribution < 1.29 is 9.84 Å². The average molecular weight is 274 g/mol. The van der Waals surface area contributed by atoms with Crippen LogP contribution >= 0.6 is 12.2 Å². The third kappa shape index (κ3) is 3.20. The van der Waals surface area contributed by atoms with Crippen LogP contribution < -0.4 is 21.0 Å². The molecule has 0 saturated heterocycles. The number of nitrogens with one attached hydrogen (secondary N) is 2. The molecule has 4 nitrogen and oxygen atoms in total. The Morgan fingerprint density at radius 2 is 2.16 bits per heavy atom. The summed E-state index contributed by atoms with van der Waals surface area (Å²) in [6.07, 6.45) is 1.80. The summed E-state index contributed by atoms with van der Waals surface area (Å²) < 4.78 is 5.64. The lowest BCUT2D eigenvalue weighted by Crippen LogP contribution is -2.82. The molecule has 2 rings (SSSR count). The molecule has 0 heterocycles. The lowest BCUT2D eigenvalue weighted by molar-refractivity contribution is -0.499. The summed E-state index contributed by atoms with van der Waals surface area (Å²) in [5, 5.41) is 5.31. The van der Waals surface area contributed by atoms with Crippen LogP contribution in [0.5, 0.6) is 5.75 Å². The number of ether oxygens (including phenoxy) is 1. The number of benzene rings is 2. The van der Waals surface area contributed by atoms with Crippen molar-refractivity contribution in [3.05, 3.63) is 42.0 Å². The highest BCUT2D eigenvalue weighted by Crippen LogP contribution is 2.25. The van der Waals surface area contributed by atoms with Crippen LogP contribution in [0.25, 0.3) is 10.8 Å². The maximum Gasteiger partial charge on any atom is 0.221 e. The lowest BCUT2D eigenvalue weighted by atomic mass is 10.0. The maximum absolute atomic E-state index is 5.64. The first kappa shape index (κ1) is 13.3. The second-order valence-electron chi connectivity index (χ2n) is 3.91. The molecule has 0 unspecified atom stereocenters. The van der Waals surface area contributed by atoms with Gasteiger partial charge in [0.2, 0.25) is 11.3 Å². The van der Waals surface area contributed by atoms with E-state index in [2.05, 4.69) is 16.6 Å². The highest BCUT2D eigenvalue weighted by Gasteiger charge is 2.08. The van der Waals surface area contributed by atoms with Crippen molar-refractivity contribution in [2.24, 2.45) is 5.73 Å². The number of hydrazone groups is 1. The Hall–Kier alpha value is -2.14. The molecule has 0 atom stereocenters. The average Bonchev–Trinajstić information content (AvgIpc) is 2.40. The standard InChI is InChI=1S/C14H15N3OS/c1-2-18-13-8-7-10-5-3-4-6-11(10)12(13)9-16-17-14(15)19/h3-9H,2H2,1H3,(H3,15,17,19)/p+1. The minimum atomic E-state index is 0.189. The molecule has 0 aromatic heterocycles. The Morgan fingerprint density at radius 1 is 1.37 bits per heavy atom. The number of hydrazine groups is 1. The molecule has 0 bridgehead atoms. The third-order valence-electron chi connectivity index (χ3n) is 2.64. The van der Waals surface area contributed by atoms with Gasteiger partial charge in [-0.2, -0.15) is 0 Å². The van der Waals surface area contributed by atoms with Crippen LogP contribution in [0.4, 0.5) is 0 Å². The van der Waals surface area contributed by atoms with E-state index in [9.17, 15) is 0 Å². The van der Waals surface area contributed by atoms with Gasteiger partial charge in [-0.25, -0.2) is 0 Å². The van der Waals surface area contributed by atoms with Gasteiger partial charge in [0, 0.05) is 0 Å². The van der Waals surface area contributed by atoms with E-state index in [-0.39, 0.29) is 5.11 Å². The van der Waals surface area contributed by atoms with Crippen LogP contribution in [0.2, 0.25) is 0 Å². The molecule has 0 amide bonds. The van der Waals surface area contributed by atoms with Gasteiger partial charge in [-0.1, -0.05) is 30.3 Å². The topological polar surface area (TPSA) is 61.2 Å². The van der Waals surface area contributed by atoms with Crippen LogP contribution in [0.3, 0.4) is 0 Å². The summed E-state index contributed by atoms with van der Waals surface area (Å²) in [5.41, 5.74) is 9.01. The second-order valence-corrected chi connectivity index (χ2v) is 4.35. The van der Waals surface area contributed by atoms with Crippen molar-refractivity contribution in [2.45, 2.75) is 6.92 Å². The molecule has 4 N–H and O–H groups in total. The van der Waals surface area contributed by atoms with Crippen molar-refractivity contribution in [3.63, 3.8) is 0 Å². The highest BCUT2D eigenvalue weighted by atomic mass is 32.1. The second kappa shape index (κ2) is 6.15. The van der Waals surface area contributed by atoms with Gasteiger partial charge in [-0.15, -0.1) is 10.5 Å². The summed E-state index contributed by atoms with van der Waals surface area (Å²) in [6.45, 7) is 2.57. The largest absolute Gasteiger partial charge is 0.493 e. The molecule has 0 aliphatic heterocycles. The SMILES string of the molecule is CCOc1ccc2ccccc2c1C=[NH+]NC(N)=S. The number of hydrogen-bond donors (Lipinski definition) is 3. The molecular weight excluding hydrogens is 258 g/mol. The highest BCUT2D eigenvalue weighted by molar-refractivity contribution is 7.80. The Kier molecular flexibility index (Phi) is 4.30. The minimum Gasteiger partial charge on any atom is -0.493 e. The Balaban J connectivity index is 2.49. The fourth-order valence-electron chi connectivity index (χ4n) is 1.89. The van der Waals surface area contributed by atoms with Gasteiger partial charge < -0.3 is 10.5 Å². The summed E-state index contributed by atoms with van der Waals surface area (Å²) in [7, 11) is 0. The predicted molar refractivity (Wildman–Crippen MR) is 81.2 cm³/mol. The van der Waals surface area contributed by atoms with E-state index in [1.165, 1.54) is 0 Å². The molecule has 2 aromatic rings. The predicted octanol–water partition coefficient (Wildman–Crippen LogP) is 0.486. The van der Waals surface area contributed by atoms with Crippen molar-refractivity contribution in [1.29, 1.82) is 0 Å². The number of thiocarbonyl (C=S) groups is 1. The molecule has 19 heavy (non-hydrogen) atoms. The van der Waals surface area contributed by atoms with Crippen LogP contribution in [0, 0.1) is 0 Å². The van der Waals surface area contributed by atoms with Crippen LogP contribution in [-0.2, 0) is 0 Å². The van der Waals surface area contributed by atoms with Gasteiger partial charge in [-0.3, -0.25) is 0 Å². The van der Waals surface area contributed by atoms with E-state index in [0.29, 0.717) is 6.61 Å². The molecule has 0 saturated carbocycles. The smallest absolute Gasteiger partial charge is 0.221 e. The van der Waals surface area contributed by atoms with Gasteiger partial charge in [0.25, 0.3) is 0 Å². The third-order valence-corrected chi connectivity index (χ3v) is 2.74. The minimum absolute atomic E-state index is 0.189. The first-order chi connectivity index (χ1) is 9.22. The van der Waals surface area contributed by atoms with Gasteiger partial charge in [0.15, 0.2) is 0 Å². The first-order valence-electron chi connectivity index (χ1n) is 6.01. The molecule has 98 valence electrons. The Morgan fingerprint density at radius 3 is 2.89 bits per heavy atom. The normalized spacial score (nSPS) is 10.8. The van der Waals surface area contributed by atoms with Crippen molar-refractivity contribution in [1.82, 2.24) is 5.43 Å². The fourth-order valence-corrected chi connectivity index (χ4v) is 1.94. The van der Waals surface area contributed by atoms with E-state index in [0.717, 1.165) is 22.1 Å². The summed E-state index contributed by atoms with van der Waals surface area (Å²) in [6, 6.07) is 12.1. The molecule has 0 spiro atoms. The lowest BCUT2D eigenvalue weighted by Gasteiger charge is -2.08. The molecule has 5 heteroatoms. The summed E-state index contributed by atoms with van der Waals surface area (Å²) in [5.74, 6) is 0.818. The Bertz CT molecular complexity index is 625. The summed E-state index contributed by atoms with van der Waals surface area (Å²) >= 11 is 4.74. The quantitative estimate of drug-likeness (QED) is 0.431. The van der Waals surface area contributed by atoms with E-state index in [1.807, 2.05) is 37.3 Å². The molecule has 0 radical (unpaired) electrons. The first-order valence-corrected chi connectivity index (χ1v) is 6.42. The fraction of sp³-hybridized carbons (Fsp3) is 0.143. The monoisotopic (exact) mass is 274 g/mol. The number of nitrogens with two attached hydrogens (primary N) is 1. The zero-order valence-electron chi connectivity index (χ0n) is 10.6. The summed E-state index contributed by atoms with van der Waals surface area (Å²) in [4.78, 5) is 0. The van der Waals surface area contributed by atoms with Crippen LogP contribution in [0.1, 0.15) is 12.5 Å². The molecule has 0 aliphatic rings. The zero-order valence-corrected chi connectivity index (χ0v) is 11.5. The van der Waals surface area contributed by atoms with E-state index in [1.54, 1.807) is 6.21 Å². The van der Waals surface area contributed by atoms with Crippen molar-refractivity contribution in [3.8, 4) is 5.75 Å². The van der Waals surface area contributed by atoms with E-state index >= 15 is 0 Å². The molecule has 2 aromatic carbocycles. The molecular formula is C14H16N3OS+. The number of hydrogen-bond acceptors (Lipinski definition) is 2. The maximum atomic E-state index is 5.64. The van der Waals surface area contributed by atoms with Gasteiger partial charge in [0.1, 0.15) is 5.75 Å². The number of fused-ring (bicyclic) bond motifs is 1. The van der Waals surface area contributed by atoms with Crippen molar-refractivity contribution >= 4 is 34.3 Å². The van der Waals surface area contributed by atoms with E-state index in [4.69, 9.17) is 22.7 Å². The molecule has 0 aliphatic carbocycles. The van der Waals surface area contributed by atoms with Crippen LogP contribution in [-0.4, -0.2) is 17.9 Å². The van der Waals surface area contributed by atoms with Crippen LogP contribution in [0.15, 0.2) is 36.4 Å². The van der Waals surface area contributed by atoms with Gasteiger partial charge >= 0.3 is 0 Å².